The maximum Gasteiger partial charge on any atom is 0.335 e. The third kappa shape index (κ3) is 4.55. The largest absolute Gasteiger partial charge is 0.459 e. The van der Waals surface area contributed by atoms with E-state index in [9.17, 15) is 4.79 Å². The van der Waals surface area contributed by atoms with Gasteiger partial charge in [0.25, 0.3) is 0 Å². The number of rotatable bonds is 7. The van der Waals surface area contributed by atoms with Crippen LogP contribution in [0.15, 0.2) is 30.3 Å². The standard InChI is InChI=1S/C18H25NO3/c1-14(21-13-16-7-8-16)18(20)22-17-9-10-19(12-17)11-15-5-3-2-4-6-15/h2-6,14,16-17H,7-13H2,1H3/t14?,17-/m1/s1. The van der Waals surface area contributed by atoms with Gasteiger partial charge in [0.2, 0.25) is 0 Å². The molecule has 1 aliphatic heterocycles. The van der Waals surface area contributed by atoms with Crippen molar-refractivity contribution >= 4 is 5.97 Å². The van der Waals surface area contributed by atoms with E-state index in [4.69, 9.17) is 9.47 Å². The zero-order valence-corrected chi connectivity index (χ0v) is 13.2. The molecule has 22 heavy (non-hydrogen) atoms. The molecule has 3 rings (SSSR count). The Bertz CT molecular complexity index is 486. The van der Waals surface area contributed by atoms with Gasteiger partial charge >= 0.3 is 5.97 Å². The maximum atomic E-state index is 12.0. The molecule has 2 atom stereocenters. The number of hydrogen-bond donors (Lipinski definition) is 0. The number of esters is 1. The fourth-order valence-electron chi connectivity index (χ4n) is 2.77. The van der Waals surface area contributed by atoms with Crippen molar-refractivity contribution in [1.29, 1.82) is 0 Å². The first-order valence-corrected chi connectivity index (χ1v) is 8.29. The topological polar surface area (TPSA) is 38.8 Å². The molecule has 0 radical (unpaired) electrons. The minimum absolute atomic E-state index is 0.00295. The predicted octanol–water partition coefficient (Wildman–Crippen LogP) is 2.62. The van der Waals surface area contributed by atoms with Gasteiger partial charge in [-0.25, -0.2) is 4.79 Å². The van der Waals surface area contributed by atoms with E-state index in [1.807, 2.05) is 6.07 Å². The molecular formula is C18H25NO3. The minimum Gasteiger partial charge on any atom is -0.459 e. The first-order valence-electron chi connectivity index (χ1n) is 8.29. The van der Waals surface area contributed by atoms with E-state index in [-0.39, 0.29) is 12.1 Å². The van der Waals surface area contributed by atoms with Gasteiger partial charge in [0.1, 0.15) is 6.10 Å². The Morgan fingerprint density at radius 3 is 2.77 bits per heavy atom. The van der Waals surface area contributed by atoms with Crippen molar-refractivity contribution in [3.63, 3.8) is 0 Å². The highest BCUT2D eigenvalue weighted by molar-refractivity contribution is 5.74. The first kappa shape index (κ1) is 15.5. The second kappa shape index (κ2) is 7.25. The van der Waals surface area contributed by atoms with E-state index in [0.717, 1.165) is 26.1 Å². The molecule has 4 nitrogen and oxygen atoms in total. The summed E-state index contributed by atoms with van der Waals surface area (Å²) in [4.78, 5) is 14.4. The van der Waals surface area contributed by atoms with E-state index in [2.05, 4.69) is 29.2 Å². The van der Waals surface area contributed by atoms with Gasteiger partial charge in [0.05, 0.1) is 6.61 Å². The molecule has 0 N–H and O–H groups in total. The molecule has 2 fully saturated rings. The van der Waals surface area contributed by atoms with E-state index in [0.29, 0.717) is 12.5 Å². The molecule has 0 spiro atoms. The van der Waals surface area contributed by atoms with E-state index < -0.39 is 6.10 Å². The summed E-state index contributed by atoms with van der Waals surface area (Å²) in [6.45, 7) is 5.20. The van der Waals surface area contributed by atoms with Gasteiger partial charge in [0.15, 0.2) is 6.10 Å². The third-order valence-corrected chi connectivity index (χ3v) is 4.37. The Hall–Kier alpha value is -1.39. The summed E-state index contributed by atoms with van der Waals surface area (Å²) in [6, 6.07) is 10.4. The molecule has 1 saturated carbocycles. The highest BCUT2D eigenvalue weighted by atomic mass is 16.6. The lowest BCUT2D eigenvalue weighted by atomic mass is 10.2. The number of carbonyl (C=O) groups excluding carboxylic acids is 1. The predicted molar refractivity (Wildman–Crippen MR) is 84.4 cm³/mol. The third-order valence-electron chi connectivity index (χ3n) is 4.37. The van der Waals surface area contributed by atoms with Crippen LogP contribution in [0.3, 0.4) is 0 Å². The lowest BCUT2D eigenvalue weighted by molar-refractivity contribution is -0.161. The quantitative estimate of drug-likeness (QED) is 0.726. The van der Waals surface area contributed by atoms with E-state index in [1.54, 1.807) is 6.92 Å². The lowest BCUT2D eigenvalue weighted by Gasteiger charge is -2.18. The van der Waals surface area contributed by atoms with Crippen LogP contribution >= 0.6 is 0 Å². The zero-order chi connectivity index (χ0) is 15.4. The summed E-state index contributed by atoms with van der Waals surface area (Å²) in [7, 11) is 0. The Kier molecular flexibility index (Phi) is 5.11. The van der Waals surface area contributed by atoms with Crippen molar-refractivity contribution in [1.82, 2.24) is 4.90 Å². The Balaban J connectivity index is 1.39. The zero-order valence-electron chi connectivity index (χ0n) is 13.2. The summed E-state index contributed by atoms with van der Waals surface area (Å²) in [5.41, 5.74) is 1.30. The second-order valence-electron chi connectivity index (χ2n) is 6.49. The molecule has 1 aliphatic carbocycles. The molecule has 0 bridgehead atoms. The number of hydrogen-bond acceptors (Lipinski definition) is 4. The Morgan fingerprint density at radius 2 is 2.05 bits per heavy atom. The van der Waals surface area contributed by atoms with Crippen LogP contribution in [-0.4, -0.2) is 42.8 Å². The maximum absolute atomic E-state index is 12.0. The van der Waals surface area contributed by atoms with Crippen molar-refractivity contribution in [2.24, 2.45) is 5.92 Å². The molecule has 1 saturated heterocycles. The van der Waals surface area contributed by atoms with Crippen LogP contribution in [0, 0.1) is 5.92 Å². The van der Waals surface area contributed by atoms with Crippen LogP contribution in [0.5, 0.6) is 0 Å². The highest BCUT2D eigenvalue weighted by Crippen LogP contribution is 2.29. The molecule has 1 unspecified atom stereocenters. The van der Waals surface area contributed by atoms with Crippen LogP contribution in [0.4, 0.5) is 0 Å². The van der Waals surface area contributed by atoms with Crippen LogP contribution in [0.1, 0.15) is 31.7 Å². The number of likely N-dealkylation sites (tertiary alicyclic amines) is 1. The summed E-state index contributed by atoms with van der Waals surface area (Å²) in [6.07, 6.45) is 2.94. The molecule has 4 heteroatoms. The average Bonchev–Trinajstić information content (AvgIpc) is 3.26. The van der Waals surface area contributed by atoms with Gasteiger partial charge in [-0.05, 0) is 37.7 Å². The molecule has 2 aliphatic rings. The SMILES string of the molecule is CC(OCC1CC1)C(=O)O[C@@H]1CCN(Cc2ccccc2)C1. The van der Waals surface area contributed by atoms with Crippen LogP contribution in [0.25, 0.3) is 0 Å². The summed E-state index contributed by atoms with van der Waals surface area (Å²) < 4.78 is 11.2. The fraction of sp³-hybridized carbons (Fsp3) is 0.611. The van der Waals surface area contributed by atoms with Gasteiger partial charge in [0, 0.05) is 19.6 Å². The van der Waals surface area contributed by atoms with Gasteiger partial charge in [-0.2, -0.15) is 0 Å². The highest BCUT2D eigenvalue weighted by Gasteiger charge is 2.29. The van der Waals surface area contributed by atoms with Gasteiger partial charge in [-0.15, -0.1) is 0 Å². The Morgan fingerprint density at radius 1 is 1.27 bits per heavy atom. The number of ether oxygens (including phenoxy) is 2. The lowest BCUT2D eigenvalue weighted by Crippen LogP contribution is -2.30. The molecule has 0 amide bonds. The van der Waals surface area contributed by atoms with Crippen molar-refractivity contribution < 1.29 is 14.3 Å². The first-order chi connectivity index (χ1) is 10.7. The van der Waals surface area contributed by atoms with Gasteiger partial charge in [-0.1, -0.05) is 30.3 Å². The molecular weight excluding hydrogens is 278 g/mol. The van der Waals surface area contributed by atoms with Crippen LogP contribution in [-0.2, 0) is 20.8 Å². The van der Waals surface area contributed by atoms with Crippen LogP contribution in [0.2, 0.25) is 0 Å². The molecule has 0 aromatic heterocycles. The molecule has 120 valence electrons. The summed E-state index contributed by atoms with van der Waals surface area (Å²) in [5.74, 6) is 0.454. The van der Waals surface area contributed by atoms with Crippen molar-refractivity contribution in [3.8, 4) is 0 Å². The smallest absolute Gasteiger partial charge is 0.335 e. The minimum atomic E-state index is -0.441. The summed E-state index contributed by atoms with van der Waals surface area (Å²) >= 11 is 0. The number of nitrogens with zero attached hydrogens (tertiary/aromatic N) is 1. The average molecular weight is 303 g/mol. The second-order valence-corrected chi connectivity index (χ2v) is 6.49. The molecule has 1 heterocycles. The van der Waals surface area contributed by atoms with E-state index in [1.165, 1.54) is 18.4 Å². The Labute approximate surface area is 132 Å². The van der Waals surface area contributed by atoms with Gasteiger partial charge < -0.3 is 9.47 Å². The normalized spacial score (nSPS) is 23.4. The van der Waals surface area contributed by atoms with Crippen LogP contribution < -0.4 is 0 Å². The summed E-state index contributed by atoms with van der Waals surface area (Å²) in [5, 5.41) is 0. The monoisotopic (exact) mass is 303 g/mol. The van der Waals surface area contributed by atoms with Gasteiger partial charge in [-0.3, -0.25) is 4.90 Å². The molecule has 1 aromatic rings. The number of carbonyl (C=O) groups is 1. The molecule has 1 aromatic carbocycles. The number of benzene rings is 1. The van der Waals surface area contributed by atoms with Crippen molar-refractivity contribution in [2.45, 2.75) is 44.9 Å². The van der Waals surface area contributed by atoms with Crippen molar-refractivity contribution in [2.75, 3.05) is 19.7 Å². The van der Waals surface area contributed by atoms with E-state index >= 15 is 0 Å². The van der Waals surface area contributed by atoms with Crippen molar-refractivity contribution in [3.05, 3.63) is 35.9 Å². The fourth-order valence-corrected chi connectivity index (χ4v) is 2.77.